The predicted octanol–water partition coefficient (Wildman–Crippen LogP) is 23.1. The highest BCUT2D eigenvalue weighted by atomic mass is 16.6. The highest BCUT2D eigenvalue weighted by molar-refractivity contribution is 5.71. The molecule has 0 aromatic heterocycles. The van der Waals surface area contributed by atoms with E-state index in [1.165, 1.54) is 218 Å². The Labute approximate surface area is 479 Å². The van der Waals surface area contributed by atoms with Gasteiger partial charge in [0.1, 0.15) is 13.2 Å². The normalized spacial score (nSPS) is 12.4. The lowest BCUT2D eigenvalue weighted by atomic mass is 10.0. The molecule has 0 bridgehead atoms. The number of unbranched alkanes of at least 4 members (excludes halogenated alkanes) is 41. The molecule has 0 spiro atoms. The molecule has 0 aromatic carbocycles. The molecule has 0 amide bonds. The van der Waals surface area contributed by atoms with Gasteiger partial charge in [-0.3, -0.25) is 14.4 Å². The summed E-state index contributed by atoms with van der Waals surface area (Å²) in [6.07, 6.45) is 83.8. The zero-order valence-corrected chi connectivity index (χ0v) is 51.5. The van der Waals surface area contributed by atoms with Crippen LogP contribution in [0, 0.1) is 0 Å². The standard InChI is InChI=1S/C71H128O6/c1-4-7-10-13-16-19-22-25-28-31-34-35-38-40-43-46-49-52-55-58-61-64-70(73)76-67-68(77-71(74)65-62-59-56-53-50-47-44-41-37-33-30-27-24-21-18-15-12-9-6-3)66-75-69(72)63-60-57-54-51-48-45-42-39-36-32-29-26-23-20-17-14-11-8-5-2/h9,12,18,21,27,30,37,41,47,50,68H,4-8,10-11,13-17,19-20,22-26,28-29,31-36,38-40,42-46,48-49,51-67H2,1-3H3/b12-9-,21-18-,30-27-,41-37-,50-47-. The molecule has 0 heterocycles. The molecule has 0 N–H and O–H groups in total. The average molecular weight is 1080 g/mol. The van der Waals surface area contributed by atoms with Gasteiger partial charge in [0.25, 0.3) is 0 Å². The quantitative estimate of drug-likeness (QED) is 0.0261. The molecule has 0 aliphatic rings. The average Bonchev–Trinajstić information content (AvgIpc) is 3.43. The second kappa shape index (κ2) is 65.6. The topological polar surface area (TPSA) is 78.9 Å². The monoisotopic (exact) mass is 1080 g/mol. The molecule has 1 atom stereocenters. The second-order valence-corrected chi connectivity index (χ2v) is 22.7. The van der Waals surface area contributed by atoms with E-state index < -0.39 is 6.10 Å². The number of rotatable bonds is 62. The van der Waals surface area contributed by atoms with Crippen molar-refractivity contribution in [1.29, 1.82) is 0 Å². The summed E-state index contributed by atoms with van der Waals surface area (Å²) < 4.78 is 17.0. The SMILES string of the molecule is CC/C=C\C/C=C\C/C=C\C/C=C\C/C=C\CCCCCC(=O)OC(COC(=O)CCCCCCCCCCCCCCCCCCCCC)COC(=O)CCCCCCCCCCCCCCCCCCCCCCC. The molecule has 77 heavy (non-hydrogen) atoms. The molecule has 0 aromatic rings. The van der Waals surface area contributed by atoms with E-state index in [2.05, 4.69) is 81.5 Å². The number of hydrogen-bond donors (Lipinski definition) is 0. The van der Waals surface area contributed by atoms with E-state index in [-0.39, 0.29) is 31.1 Å². The summed E-state index contributed by atoms with van der Waals surface area (Å²) in [7, 11) is 0. The number of allylic oxidation sites excluding steroid dienone is 10. The van der Waals surface area contributed by atoms with Crippen molar-refractivity contribution in [3.05, 3.63) is 60.8 Å². The predicted molar refractivity (Wildman–Crippen MR) is 335 cm³/mol. The number of hydrogen-bond acceptors (Lipinski definition) is 6. The molecule has 0 saturated carbocycles. The van der Waals surface area contributed by atoms with Crippen LogP contribution in [-0.2, 0) is 28.6 Å². The lowest BCUT2D eigenvalue weighted by molar-refractivity contribution is -0.167. The third-order valence-corrected chi connectivity index (χ3v) is 15.0. The summed E-state index contributed by atoms with van der Waals surface area (Å²) in [5.74, 6) is -0.890. The minimum absolute atomic E-state index is 0.0829. The lowest BCUT2D eigenvalue weighted by Crippen LogP contribution is -2.30. The van der Waals surface area contributed by atoms with E-state index in [0.717, 1.165) is 96.3 Å². The Bertz CT molecular complexity index is 1380. The van der Waals surface area contributed by atoms with Crippen LogP contribution >= 0.6 is 0 Å². The van der Waals surface area contributed by atoms with Crippen LogP contribution in [0.2, 0.25) is 0 Å². The Morgan fingerprint density at radius 1 is 0.273 bits per heavy atom. The van der Waals surface area contributed by atoms with Gasteiger partial charge in [-0.25, -0.2) is 0 Å². The molecule has 0 rings (SSSR count). The number of carbonyl (C=O) groups excluding carboxylic acids is 3. The van der Waals surface area contributed by atoms with E-state index in [1.807, 2.05) is 0 Å². The largest absolute Gasteiger partial charge is 0.462 e. The van der Waals surface area contributed by atoms with Gasteiger partial charge in [0.05, 0.1) is 0 Å². The Hall–Kier alpha value is -2.89. The van der Waals surface area contributed by atoms with E-state index in [1.54, 1.807) is 0 Å². The molecule has 0 aliphatic heterocycles. The van der Waals surface area contributed by atoms with Crippen LogP contribution in [0.25, 0.3) is 0 Å². The smallest absolute Gasteiger partial charge is 0.306 e. The van der Waals surface area contributed by atoms with Gasteiger partial charge in [-0.15, -0.1) is 0 Å². The van der Waals surface area contributed by atoms with Crippen molar-refractivity contribution in [2.24, 2.45) is 0 Å². The van der Waals surface area contributed by atoms with E-state index in [4.69, 9.17) is 14.2 Å². The first-order valence-corrected chi connectivity index (χ1v) is 33.8. The van der Waals surface area contributed by atoms with E-state index in [0.29, 0.717) is 19.3 Å². The van der Waals surface area contributed by atoms with Gasteiger partial charge in [-0.1, -0.05) is 332 Å². The first-order chi connectivity index (χ1) is 38.0. The lowest BCUT2D eigenvalue weighted by Gasteiger charge is -2.18. The van der Waals surface area contributed by atoms with Gasteiger partial charge in [0.15, 0.2) is 6.10 Å². The van der Waals surface area contributed by atoms with Crippen molar-refractivity contribution in [2.75, 3.05) is 13.2 Å². The van der Waals surface area contributed by atoms with Crippen LogP contribution in [0.15, 0.2) is 60.8 Å². The fraction of sp³-hybridized carbons (Fsp3) is 0.817. The van der Waals surface area contributed by atoms with Gasteiger partial charge in [0.2, 0.25) is 0 Å². The summed E-state index contributed by atoms with van der Waals surface area (Å²) in [5.41, 5.74) is 0. The molecular weight excluding hydrogens is 949 g/mol. The van der Waals surface area contributed by atoms with Crippen LogP contribution in [0.4, 0.5) is 0 Å². The van der Waals surface area contributed by atoms with Gasteiger partial charge in [0, 0.05) is 19.3 Å². The molecule has 0 radical (unpaired) electrons. The van der Waals surface area contributed by atoms with Crippen molar-refractivity contribution in [3.63, 3.8) is 0 Å². The molecule has 6 nitrogen and oxygen atoms in total. The fourth-order valence-corrected chi connectivity index (χ4v) is 10.0. The first kappa shape index (κ1) is 74.1. The molecule has 0 fully saturated rings. The summed E-state index contributed by atoms with van der Waals surface area (Å²) in [5, 5.41) is 0. The molecular formula is C71H128O6. The fourth-order valence-electron chi connectivity index (χ4n) is 10.0. The maximum Gasteiger partial charge on any atom is 0.306 e. The van der Waals surface area contributed by atoms with Crippen LogP contribution in [-0.4, -0.2) is 37.2 Å². The van der Waals surface area contributed by atoms with Gasteiger partial charge < -0.3 is 14.2 Å². The molecule has 448 valence electrons. The summed E-state index contributed by atoms with van der Waals surface area (Å²) >= 11 is 0. The second-order valence-electron chi connectivity index (χ2n) is 22.7. The van der Waals surface area contributed by atoms with Gasteiger partial charge >= 0.3 is 17.9 Å². The number of ether oxygens (including phenoxy) is 3. The highest BCUT2D eigenvalue weighted by Crippen LogP contribution is 2.18. The third-order valence-electron chi connectivity index (χ3n) is 15.0. The summed E-state index contributed by atoms with van der Waals surface area (Å²) in [6.45, 7) is 6.57. The minimum Gasteiger partial charge on any atom is -0.462 e. The van der Waals surface area contributed by atoms with E-state index >= 15 is 0 Å². The zero-order valence-electron chi connectivity index (χ0n) is 51.5. The molecule has 0 saturated heterocycles. The Balaban J connectivity index is 4.37. The summed E-state index contributed by atoms with van der Waals surface area (Å²) in [4.78, 5) is 38.4. The molecule has 6 heteroatoms. The summed E-state index contributed by atoms with van der Waals surface area (Å²) in [6, 6.07) is 0. The third kappa shape index (κ3) is 63.8. The van der Waals surface area contributed by atoms with Crippen LogP contribution in [0.3, 0.4) is 0 Å². The van der Waals surface area contributed by atoms with Crippen molar-refractivity contribution < 1.29 is 28.6 Å². The van der Waals surface area contributed by atoms with Crippen LogP contribution in [0.1, 0.15) is 355 Å². The minimum atomic E-state index is -0.790. The zero-order chi connectivity index (χ0) is 55.7. The highest BCUT2D eigenvalue weighted by Gasteiger charge is 2.19. The maximum atomic E-state index is 12.9. The van der Waals surface area contributed by atoms with E-state index in [9.17, 15) is 14.4 Å². The molecule has 1 unspecified atom stereocenters. The Morgan fingerprint density at radius 3 is 0.792 bits per heavy atom. The number of esters is 3. The van der Waals surface area contributed by atoms with Crippen molar-refractivity contribution in [3.8, 4) is 0 Å². The van der Waals surface area contributed by atoms with Crippen molar-refractivity contribution >= 4 is 17.9 Å². The van der Waals surface area contributed by atoms with Crippen molar-refractivity contribution in [1.82, 2.24) is 0 Å². The van der Waals surface area contributed by atoms with Crippen LogP contribution < -0.4 is 0 Å². The van der Waals surface area contributed by atoms with Crippen molar-refractivity contribution in [2.45, 2.75) is 361 Å². The maximum absolute atomic E-state index is 12.9. The Kier molecular flexibility index (Phi) is 63.2. The molecule has 0 aliphatic carbocycles. The number of carbonyl (C=O) groups is 3. The Morgan fingerprint density at radius 2 is 0.506 bits per heavy atom. The van der Waals surface area contributed by atoms with Gasteiger partial charge in [-0.05, 0) is 64.2 Å². The van der Waals surface area contributed by atoms with Crippen LogP contribution in [0.5, 0.6) is 0 Å². The van der Waals surface area contributed by atoms with Gasteiger partial charge in [-0.2, -0.15) is 0 Å². The first-order valence-electron chi connectivity index (χ1n) is 33.8.